The maximum Gasteiger partial charge on any atom is 0.173 e. The summed E-state index contributed by atoms with van der Waals surface area (Å²) in [5, 5.41) is 18.7. The van der Waals surface area contributed by atoms with E-state index in [1.54, 1.807) is 0 Å². The molecule has 0 bridgehead atoms. The van der Waals surface area contributed by atoms with Crippen LogP contribution in [0.2, 0.25) is 0 Å². The zero-order chi connectivity index (χ0) is 12.6. The van der Waals surface area contributed by atoms with Crippen LogP contribution in [0.25, 0.3) is 0 Å². The summed E-state index contributed by atoms with van der Waals surface area (Å²) in [5.41, 5.74) is -0.235. The maximum absolute atomic E-state index is 9.70. The smallest absolute Gasteiger partial charge is 0.173 e. The Hall–Kier alpha value is -0.420. The van der Waals surface area contributed by atoms with Gasteiger partial charge < -0.3 is 19.7 Å². The fourth-order valence-corrected chi connectivity index (χ4v) is 0.926. The van der Waals surface area contributed by atoms with E-state index in [1.165, 1.54) is 6.08 Å². The molecule has 0 aliphatic rings. The molecule has 0 fully saturated rings. The molecule has 0 aromatic carbocycles. The topological polar surface area (TPSA) is 58.9 Å². The highest BCUT2D eigenvalue weighted by molar-refractivity contribution is 4.70. The summed E-state index contributed by atoms with van der Waals surface area (Å²) in [5.74, 6) is 0. The van der Waals surface area contributed by atoms with Crippen LogP contribution >= 0.6 is 0 Å². The molecule has 16 heavy (non-hydrogen) atoms. The number of hydrogen-bond donors (Lipinski definition) is 2. The van der Waals surface area contributed by atoms with Crippen molar-refractivity contribution < 1.29 is 19.7 Å². The summed E-state index contributed by atoms with van der Waals surface area (Å²) in [7, 11) is 0. The molecule has 0 saturated carbocycles. The third kappa shape index (κ3) is 6.23. The van der Waals surface area contributed by atoms with Gasteiger partial charge in [-0.05, 0) is 18.9 Å². The lowest BCUT2D eigenvalue weighted by molar-refractivity contribution is -0.169. The highest BCUT2D eigenvalue weighted by atomic mass is 16.6. The monoisotopic (exact) mass is 232 g/mol. The van der Waals surface area contributed by atoms with Crippen LogP contribution < -0.4 is 0 Å². The standard InChI is InChI=1S/C12H24O4/c1-5-10(13)15-8-7-9-16-11(14)12(3,4)6-2/h5,10-11,13-14H,1,6-9H2,2-4H3. The Morgan fingerprint density at radius 1 is 1.25 bits per heavy atom. The van der Waals surface area contributed by atoms with Gasteiger partial charge in [-0.2, -0.15) is 0 Å². The second-order valence-corrected chi connectivity index (χ2v) is 4.42. The number of rotatable bonds is 9. The molecule has 0 spiro atoms. The molecule has 0 aliphatic carbocycles. The van der Waals surface area contributed by atoms with Crippen LogP contribution in [0.1, 0.15) is 33.6 Å². The Morgan fingerprint density at radius 2 is 1.81 bits per heavy atom. The molecule has 0 aromatic rings. The molecule has 0 radical (unpaired) electrons. The molecule has 0 aromatic heterocycles. The summed E-state index contributed by atoms with van der Waals surface area (Å²) in [6.45, 7) is 10.1. The second kappa shape index (κ2) is 7.79. The van der Waals surface area contributed by atoms with Gasteiger partial charge in [0.25, 0.3) is 0 Å². The minimum atomic E-state index is -0.919. The molecule has 0 aliphatic heterocycles. The molecule has 2 unspecified atom stereocenters. The lowest BCUT2D eigenvalue weighted by Gasteiger charge is -2.28. The molecule has 2 atom stereocenters. The fourth-order valence-electron chi connectivity index (χ4n) is 0.926. The van der Waals surface area contributed by atoms with E-state index in [9.17, 15) is 5.11 Å². The van der Waals surface area contributed by atoms with Gasteiger partial charge in [0, 0.05) is 5.41 Å². The molecular formula is C12H24O4. The predicted molar refractivity (Wildman–Crippen MR) is 62.8 cm³/mol. The molecule has 4 heteroatoms. The zero-order valence-electron chi connectivity index (χ0n) is 10.5. The van der Waals surface area contributed by atoms with Crippen LogP contribution in [0.5, 0.6) is 0 Å². The highest BCUT2D eigenvalue weighted by Crippen LogP contribution is 2.25. The first-order valence-electron chi connectivity index (χ1n) is 5.66. The van der Waals surface area contributed by atoms with E-state index in [1.807, 2.05) is 20.8 Å². The van der Waals surface area contributed by atoms with Crippen LogP contribution in [0.4, 0.5) is 0 Å². The van der Waals surface area contributed by atoms with Gasteiger partial charge in [-0.15, -0.1) is 0 Å². The molecule has 96 valence electrons. The van der Waals surface area contributed by atoms with E-state index in [-0.39, 0.29) is 5.41 Å². The largest absolute Gasteiger partial charge is 0.368 e. The summed E-state index contributed by atoms with van der Waals surface area (Å²) in [6.07, 6.45) is 1.11. The zero-order valence-corrected chi connectivity index (χ0v) is 10.5. The third-order valence-electron chi connectivity index (χ3n) is 2.63. The van der Waals surface area contributed by atoms with Crippen molar-refractivity contribution in [3.63, 3.8) is 0 Å². The minimum absolute atomic E-state index is 0.235. The Balaban J connectivity index is 3.55. The van der Waals surface area contributed by atoms with Gasteiger partial charge in [-0.25, -0.2) is 0 Å². The molecular weight excluding hydrogens is 208 g/mol. The van der Waals surface area contributed by atoms with E-state index in [2.05, 4.69) is 6.58 Å². The quantitative estimate of drug-likeness (QED) is 0.361. The van der Waals surface area contributed by atoms with Gasteiger partial charge in [-0.3, -0.25) is 0 Å². The van der Waals surface area contributed by atoms with Gasteiger partial charge in [0.05, 0.1) is 13.2 Å². The van der Waals surface area contributed by atoms with E-state index in [4.69, 9.17) is 14.6 Å². The summed E-state index contributed by atoms with van der Waals surface area (Å²) >= 11 is 0. The molecule has 0 saturated heterocycles. The normalized spacial score (nSPS) is 15.8. The highest BCUT2D eigenvalue weighted by Gasteiger charge is 2.26. The van der Waals surface area contributed by atoms with Crippen LogP contribution in [0.15, 0.2) is 12.7 Å². The third-order valence-corrected chi connectivity index (χ3v) is 2.63. The number of hydrogen-bond acceptors (Lipinski definition) is 4. The predicted octanol–water partition coefficient (Wildman–Crippen LogP) is 1.67. The maximum atomic E-state index is 9.70. The van der Waals surface area contributed by atoms with Crippen molar-refractivity contribution in [1.82, 2.24) is 0 Å². The van der Waals surface area contributed by atoms with Crippen molar-refractivity contribution in [3.8, 4) is 0 Å². The Morgan fingerprint density at radius 3 is 2.31 bits per heavy atom. The van der Waals surface area contributed by atoms with Crippen LogP contribution in [0, 0.1) is 5.41 Å². The summed E-state index contributed by atoms with van der Waals surface area (Å²) in [6, 6.07) is 0. The van der Waals surface area contributed by atoms with Gasteiger partial charge >= 0.3 is 0 Å². The number of aliphatic hydroxyl groups is 2. The first-order valence-corrected chi connectivity index (χ1v) is 5.66. The lowest BCUT2D eigenvalue weighted by Crippen LogP contribution is -2.31. The molecule has 4 nitrogen and oxygen atoms in total. The average molecular weight is 232 g/mol. The molecule has 2 N–H and O–H groups in total. The first-order chi connectivity index (χ1) is 7.44. The van der Waals surface area contributed by atoms with Crippen molar-refractivity contribution in [3.05, 3.63) is 12.7 Å². The molecule has 0 amide bonds. The van der Waals surface area contributed by atoms with Crippen LogP contribution in [-0.4, -0.2) is 36.0 Å². The van der Waals surface area contributed by atoms with Gasteiger partial charge in [0.2, 0.25) is 0 Å². The van der Waals surface area contributed by atoms with Crippen LogP contribution in [-0.2, 0) is 9.47 Å². The van der Waals surface area contributed by atoms with Crippen molar-refractivity contribution in [2.75, 3.05) is 13.2 Å². The van der Waals surface area contributed by atoms with Crippen LogP contribution in [0.3, 0.4) is 0 Å². The minimum Gasteiger partial charge on any atom is -0.368 e. The fraction of sp³-hybridized carbons (Fsp3) is 0.833. The van der Waals surface area contributed by atoms with E-state index < -0.39 is 12.6 Å². The number of aliphatic hydroxyl groups excluding tert-OH is 2. The van der Waals surface area contributed by atoms with Gasteiger partial charge in [-0.1, -0.05) is 27.4 Å². The Kier molecular flexibility index (Phi) is 7.58. The Bertz CT molecular complexity index is 191. The van der Waals surface area contributed by atoms with Gasteiger partial charge in [0.15, 0.2) is 12.6 Å². The lowest BCUT2D eigenvalue weighted by atomic mass is 9.89. The Labute approximate surface area is 97.9 Å². The van der Waals surface area contributed by atoms with E-state index in [0.29, 0.717) is 19.6 Å². The van der Waals surface area contributed by atoms with Crippen molar-refractivity contribution in [2.45, 2.75) is 46.2 Å². The number of ether oxygens (including phenoxy) is 2. The molecule has 0 heterocycles. The average Bonchev–Trinajstić information content (AvgIpc) is 2.27. The first kappa shape index (κ1) is 15.6. The molecule has 0 rings (SSSR count). The second-order valence-electron chi connectivity index (χ2n) is 4.42. The van der Waals surface area contributed by atoms with Crippen molar-refractivity contribution >= 4 is 0 Å². The summed E-state index contributed by atoms with van der Waals surface area (Å²) in [4.78, 5) is 0. The van der Waals surface area contributed by atoms with Crippen molar-refractivity contribution in [2.24, 2.45) is 5.41 Å². The van der Waals surface area contributed by atoms with Crippen molar-refractivity contribution in [1.29, 1.82) is 0 Å². The SMILES string of the molecule is C=CC(O)OCCCOC(O)C(C)(C)CC. The summed E-state index contributed by atoms with van der Waals surface area (Å²) < 4.78 is 10.2. The van der Waals surface area contributed by atoms with E-state index in [0.717, 1.165) is 6.42 Å². The van der Waals surface area contributed by atoms with Gasteiger partial charge in [0.1, 0.15) is 0 Å². The van der Waals surface area contributed by atoms with E-state index >= 15 is 0 Å².